The number of aliphatic hydroxyl groups is 1. The molecule has 0 aliphatic heterocycles. The fraction of sp³-hybridized carbons (Fsp3) is 0.778. The Morgan fingerprint density at radius 3 is 2.54 bits per heavy atom. The van der Waals surface area contributed by atoms with Crippen LogP contribution in [-0.2, 0) is 12.6 Å². The molecule has 0 saturated heterocycles. The molecule has 74 valence electrons. The first kappa shape index (κ1) is 10.2. The summed E-state index contributed by atoms with van der Waals surface area (Å²) >= 11 is 0. The third kappa shape index (κ3) is 1.72. The zero-order chi connectivity index (χ0) is 10.1. The predicted octanol–water partition coefficient (Wildman–Crippen LogP) is 1.07. The van der Waals surface area contributed by atoms with Gasteiger partial charge in [-0.15, -0.1) is 0 Å². The summed E-state index contributed by atoms with van der Waals surface area (Å²) in [4.78, 5) is 1.47. The third-order valence-corrected chi connectivity index (χ3v) is 2.54. The summed E-state index contributed by atoms with van der Waals surface area (Å²) in [5, 5.41) is 18.4. The molecule has 4 heteroatoms. The van der Waals surface area contributed by atoms with Crippen molar-refractivity contribution < 1.29 is 5.11 Å². The SMILES string of the molecule is CCC(O)(c1cnn(C)n1)C(C)C. The molecule has 0 amide bonds. The van der Waals surface area contributed by atoms with Crippen molar-refractivity contribution in [2.75, 3.05) is 0 Å². The lowest BCUT2D eigenvalue weighted by Crippen LogP contribution is -2.31. The second-order valence-corrected chi connectivity index (χ2v) is 3.65. The van der Waals surface area contributed by atoms with Gasteiger partial charge in [0.1, 0.15) is 11.3 Å². The molecule has 1 rings (SSSR count). The van der Waals surface area contributed by atoms with Crippen LogP contribution in [-0.4, -0.2) is 20.1 Å². The largest absolute Gasteiger partial charge is 0.383 e. The highest BCUT2D eigenvalue weighted by molar-refractivity contribution is 5.07. The molecule has 1 unspecified atom stereocenters. The molecular formula is C9H17N3O. The number of hydrogen-bond acceptors (Lipinski definition) is 3. The Labute approximate surface area is 78.6 Å². The number of aryl methyl sites for hydroxylation is 1. The molecule has 0 saturated carbocycles. The monoisotopic (exact) mass is 183 g/mol. The summed E-state index contributed by atoms with van der Waals surface area (Å²) in [5.74, 6) is 0.147. The summed E-state index contributed by atoms with van der Waals surface area (Å²) in [6, 6.07) is 0. The molecule has 0 aliphatic carbocycles. The van der Waals surface area contributed by atoms with Crippen LogP contribution < -0.4 is 0 Å². The molecule has 0 aromatic carbocycles. The highest BCUT2D eigenvalue weighted by Gasteiger charge is 2.33. The van der Waals surface area contributed by atoms with E-state index in [2.05, 4.69) is 10.2 Å². The number of nitrogens with zero attached hydrogens (tertiary/aromatic N) is 3. The minimum Gasteiger partial charge on any atom is -0.383 e. The molecule has 0 aliphatic rings. The van der Waals surface area contributed by atoms with Crippen molar-refractivity contribution in [2.24, 2.45) is 13.0 Å². The lowest BCUT2D eigenvalue weighted by molar-refractivity contribution is -0.0184. The van der Waals surface area contributed by atoms with Gasteiger partial charge in [0.05, 0.1) is 6.20 Å². The molecule has 1 atom stereocenters. The van der Waals surface area contributed by atoms with Crippen LogP contribution in [0.25, 0.3) is 0 Å². The maximum absolute atomic E-state index is 10.3. The van der Waals surface area contributed by atoms with E-state index in [9.17, 15) is 5.11 Å². The van der Waals surface area contributed by atoms with Gasteiger partial charge < -0.3 is 5.11 Å². The van der Waals surface area contributed by atoms with Gasteiger partial charge >= 0.3 is 0 Å². The van der Waals surface area contributed by atoms with Gasteiger partial charge in [0.25, 0.3) is 0 Å². The Morgan fingerprint density at radius 1 is 1.62 bits per heavy atom. The molecule has 1 aromatic heterocycles. The highest BCUT2D eigenvalue weighted by Crippen LogP contribution is 2.30. The maximum Gasteiger partial charge on any atom is 0.114 e. The van der Waals surface area contributed by atoms with Crippen LogP contribution in [0.5, 0.6) is 0 Å². The van der Waals surface area contributed by atoms with Gasteiger partial charge in [-0.2, -0.15) is 15.0 Å². The second-order valence-electron chi connectivity index (χ2n) is 3.65. The van der Waals surface area contributed by atoms with Crippen molar-refractivity contribution in [1.29, 1.82) is 0 Å². The van der Waals surface area contributed by atoms with Crippen LogP contribution >= 0.6 is 0 Å². The van der Waals surface area contributed by atoms with E-state index in [1.165, 1.54) is 4.80 Å². The van der Waals surface area contributed by atoms with Gasteiger partial charge in [0, 0.05) is 7.05 Å². The summed E-state index contributed by atoms with van der Waals surface area (Å²) in [6.45, 7) is 5.92. The van der Waals surface area contributed by atoms with E-state index in [1.54, 1.807) is 13.2 Å². The van der Waals surface area contributed by atoms with Crippen LogP contribution in [0.3, 0.4) is 0 Å². The standard InChI is InChI=1S/C9H17N3O/c1-5-9(13,7(2)3)8-6-10-12(4)11-8/h6-7,13H,5H2,1-4H3. The van der Waals surface area contributed by atoms with Crippen LogP contribution in [0.1, 0.15) is 32.9 Å². The van der Waals surface area contributed by atoms with E-state index in [1.807, 2.05) is 20.8 Å². The van der Waals surface area contributed by atoms with E-state index >= 15 is 0 Å². The van der Waals surface area contributed by atoms with Gasteiger partial charge in [-0.05, 0) is 12.3 Å². The van der Waals surface area contributed by atoms with Gasteiger partial charge in [-0.3, -0.25) is 0 Å². The van der Waals surface area contributed by atoms with Crippen LogP contribution in [0.15, 0.2) is 6.20 Å². The maximum atomic E-state index is 10.3. The fourth-order valence-corrected chi connectivity index (χ4v) is 1.43. The van der Waals surface area contributed by atoms with Crippen LogP contribution in [0.2, 0.25) is 0 Å². The Hall–Kier alpha value is -0.900. The zero-order valence-corrected chi connectivity index (χ0v) is 8.65. The van der Waals surface area contributed by atoms with Crippen LogP contribution in [0.4, 0.5) is 0 Å². The summed E-state index contributed by atoms with van der Waals surface area (Å²) in [6.07, 6.45) is 2.28. The average molecular weight is 183 g/mol. The fourth-order valence-electron chi connectivity index (χ4n) is 1.43. The Balaban J connectivity index is 3.02. The van der Waals surface area contributed by atoms with Gasteiger partial charge in [0.15, 0.2) is 0 Å². The average Bonchev–Trinajstić information content (AvgIpc) is 2.50. The van der Waals surface area contributed by atoms with Crippen molar-refractivity contribution in [3.05, 3.63) is 11.9 Å². The topological polar surface area (TPSA) is 50.9 Å². The van der Waals surface area contributed by atoms with Gasteiger partial charge in [-0.1, -0.05) is 20.8 Å². The highest BCUT2D eigenvalue weighted by atomic mass is 16.3. The van der Waals surface area contributed by atoms with Crippen molar-refractivity contribution in [3.8, 4) is 0 Å². The molecule has 0 fully saturated rings. The smallest absolute Gasteiger partial charge is 0.114 e. The first-order valence-electron chi connectivity index (χ1n) is 4.60. The molecule has 1 N–H and O–H groups in total. The van der Waals surface area contributed by atoms with Crippen molar-refractivity contribution in [2.45, 2.75) is 32.8 Å². The Bertz CT molecular complexity index is 282. The van der Waals surface area contributed by atoms with E-state index in [-0.39, 0.29) is 5.92 Å². The lowest BCUT2D eigenvalue weighted by atomic mass is 9.85. The Morgan fingerprint density at radius 2 is 2.23 bits per heavy atom. The van der Waals surface area contributed by atoms with Gasteiger partial charge in [0.2, 0.25) is 0 Å². The number of hydrogen-bond donors (Lipinski definition) is 1. The van der Waals surface area contributed by atoms with E-state index < -0.39 is 5.60 Å². The molecule has 0 bridgehead atoms. The van der Waals surface area contributed by atoms with E-state index in [0.29, 0.717) is 12.1 Å². The summed E-state index contributed by atoms with van der Waals surface area (Å²) in [5.41, 5.74) is -0.179. The Kier molecular flexibility index (Phi) is 2.71. The second kappa shape index (κ2) is 3.46. The minimum absolute atomic E-state index is 0.147. The quantitative estimate of drug-likeness (QED) is 0.762. The lowest BCUT2D eigenvalue weighted by Gasteiger charge is -2.28. The molecule has 13 heavy (non-hydrogen) atoms. The summed E-state index contributed by atoms with van der Waals surface area (Å²) < 4.78 is 0. The molecule has 1 heterocycles. The third-order valence-electron chi connectivity index (χ3n) is 2.54. The summed E-state index contributed by atoms with van der Waals surface area (Å²) in [7, 11) is 1.75. The number of aromatic nitrogens is 3. The normalized spacial score (nSPS) is 16.2. The molecule has 0 radical (unpaired) electrons. The van der Waals surface area contributed by atoms with E-state index in [0.717, 1.165) is 0 Å². The predicted molar refractivity (Wildman–Crippen MR) is 50.0 cm³/mol. The first-order chi connectivity index (χ1) is 6.00. The van der Waals surface area contributed by atoms with Crippen molar-refractivity contribution >= 4 is 0 Å². The molecular weight excluding hydrogens is 166 g/mol. The zero-order valence-electron chi connectivity index (χ0n) is 8.65. The van der Waals surface area contributed by atoms with Crippen LogP contribution in [0, 0.1) is 5.92 Å². The van der Waals surface area contributed by atoms with Crippen molar-refractivity contribution in [3.63, 3.8) is 0 Å². The van der Waals surface area contributed by atoms with E-state index in [4.69, 9.17) is 0 Å². The van der Waals surface area contributed by atoms with Gasteiger partial charge in [-0.25, -0.2) is 0 Å². The number of rotatable bonds is 3. The van der Waals surface area contributed by atoms with Crippen molar-refractivity contribution in [1.82, 2.24) is 15.0 Å². The molecule has 4 nitrogen and oxygen atoms in total. The first-order valence-corrected chi connectivity index (χ1v) is 4.60. The molecule has 0 spiro atoms. The molecule has 1 aromatic rings. The minimum atomic E-state index is -0.839.